The van der Waals surface area contributed by atoms with Gasteiger partial charge >= 0.3 is 0 Å². The second-order valence-corrected chi connectivity index (χ2v) is 4.85. The molecule has 7 heteroatoms. The van der Waals surface area contributed by atoms with Crippen molar-refractivity contribution in [3.63, 3.8) is 0 Å². The molecule has 0 atom stereocenters. The molecule has 0 aliphatic carbocycles. The Labute approximate surface area is 128 Å². The predicted octanol–water partition coefficient (Wildman–Crippen LogP) is 2.83. The predicted molar refractivity (Wildman–Crippen MR) is 85.1 cm³/mol. The Morgan fingerprint density at radius 1 is 1.33 bits per heavy atom. The van der Waals surface area contributed by atoms with Crippen molar-refractivity contribution in [2.75, 3.05) is 18.8 Å². The van der Waals surface area contributed by atoms with Crippen LogP contribution in [-0.4, -0.2) is 34.3 Å². The molecule has 0 spiro atoms. The Bertz CT molecular complexity index is 615. The van der Waals surface area contributed by atoms with Gasteiger partial charge < -0.3 is 4.74 Å². The summed E-state index contributed by atoms with van der Waals surface area (Å²) in [4.78, 5) is 4.40. The number of benzene rings is 1. The molecule has 0 aliphatic heterocycles. The van der Waals surface area contributed by atoms with Crippen molar-refractivity contribution in [2.45, 2.75) is 18.5 Å². The van der Waals surface area contributed by atoms with Crippen LogP contribution in [0.1, 0.15) is 19.0 Å². The number of ether oxygens (including phenoxy) is 1. The van der Waals surface area contributed by atoms with Crippen molar-refractivity contribution in [1.29, 1.82) is 0 Å². The summed E-state index contributed by atoms with van der Waals surface area (Å²) >= 11 is 1.46. The molecule has 2 rings (SSSR count). The zero-order chi connectivity index (χ0) is 15.1. The molecule has 0 saturated carbocycles. The van der Waals surface area contributed by atoms with Crippen LogP contribution in [0.25, 0.3) is 0 Å². The van der Waals surface area contributed by atoms with Gasteiger partial charge in [0.05, 0.1) is 24.7 Å². The van der Waals surface area contributed by atoms with E-state index in [0.717, 1.165) is 29.3 Å². The van der Waals surface area contributed by atoms with E-state index in [1.165, 1.54) is 11.8 Å². The topological polar surface area (TPSA) is 72.3 Å². The molecule has 1 aromatic heterocycles. The quantitative estimate of drug-likeness (QED) is 0.502. The Kier molecular flexibility index (Phi) is 5.51. The molecule has 1 N–H and O–H groups in total. The molecule has 21 heavy (non-hydrogen) atoms. The van der Waals surface area contributed by atoms with E-state index in [0.29, 0.717) is 5.16 Å². The van der Waals surface area contributed by atoms with Gasteiger partial charge in [0.25, 0.3) is 0 Å². The molecule has 110 valence electrons. The van der Waals surface area contributed by atoms with Crippen LogP contribution in [0.15, 0.2) is 40.7 Å². The number of thioether (sulfide) groups is 1. The highest BCUT2D eigenvalue weighted by molar-refractivity contribution is 7.98. The lowest BCUT2D eigenvalue weighted by Gasteiger charge is -2.06. The maximum Gasteiger partial charge on any atom is 0.209 e. The lowest BCUT2D eigenvalue weighted by atomic mass is 10.2. The molecule has 1 heterocycles. The molecule has 0 aliphatic rings. The van der Waals surface area contributed by atoms with E-state index in [1.807, 2.05) is 37.4 Å². The lowest BCUT2D eigenvalue weighted by molar-refractivity contribution is 0.415. The number of hydrazone groups is 1. The summed E-state index contributed by atoms with van der Waals surface area (Å²) in [5.74, 6) is 0.810. The summed E-state index contributed by atoms with van der Waals surface area (Å²) in [6.45, 7) is 2.02. The number of methoxy groups -OCH3 is 1. The van der Waals surface area contributed by atoms with E-state index < -0.39 is 0 Å². The molecule has 0 amide bonds. The highest BCUT2D eigenvalue weighted by Gasteiger charge is 2.06. The summed E-state index contributed by atoms with van der Waals surface area (Å²) in [7, 11) is 1.64. The van der Waals surface area contributed by atoms with Crippen molar-refractivity contribution < 1.29 is 4.74 Å². The van der Waals surface area contributed by atoms with Crippen LogP contribution in [0.5, 0.6) is 5.75 Å². The van der Waals surface area contributed by atoms with Crippen LogP contribution in [0.2, 0.25) is 0 Å². The maximum absolute atomic E-state index is 5.12. The first kappa shape index (κ1) is 15.2. The van der Waals surface area contributed by atoms with Crippen molar-refractivity contribution in [3.8, 4) is 5.75 Å². The molecule has 1 aromatic carbocycles. The van der Waals surface area contributed by atoms with E-state index in [2.05, 4.69) is 25.7 Å². The second-order valence-electron chi connectivity index (χ2n) is 4.08. The average molecular weight is 303 g/mol. The van der Waals surface area contributed by atoms with Gasteiger partial charge in [-0.1, -0.05) is 18.7 Å². The van der Waals surface area contributed by atoms with Crippen molar-refractivity contribution in [3.05, 3.63) is 36.2 Å². The fourth-order valence-electron chi connectivity index (χ4n) is 1.63. The number of anilines is 1. The van der Waals surface area contributed by atoms with Gasteiger partial charge in [-0.25, -0.2) is 4.98 Å². The van der Waals surface area contributed by atoms with Gasteiger partial charge in [-0.15, -0.1) is 5.10 Å². The van der Waals surface area contributed by atoms with Crippen LogP contribution >= 0.6 is 11.8 Å². The van der Waals surface area contributed by atoms with E-state index >= 15 is 0 Å². The zero-order valence-corrected chi connectivity index (χ0v) is 13.0. The molecule has 0 bridgehead atoms. The number of hydrogen-bond donors (Lipinski definition) is 1. The third kappa shape index (κ3) is 4.16. The minimum absolute atomic E-state index is 0.637. The number of nitrogens with one attached hydrogen (secondary N) is 1. The average Bonchev–Trinajstić information content (AvgIpc) is 2.56. The van der Waals surface area contributed by atoms with Crippen LogP contribution in [0.3, 0.4) is 0 Å². The minimum Gasteiger partial charge on any atom is -0.497 e. The number of hydrogen-bond acceptors (Lipinski definition) is 7. The molecule has 0 fully saturated rings. The first-order chi connectivity index (χ1) is 10.3. The van der Waals surface area contributed by atoms with Crippen molar-refractivity contribution in [2.24, 2.45) is 5.10 Å². The summed E-state index contributed by atoms with van der Waals surface area (Å²) in [6.07, 6.45) is 4.28. The zero-order valence-electron chi connectivity index (χ0n) is 12.2. The molecule has 0 saturated heterocycles. The maximum atomic E-state index is 5.12. The smallest absolute Gasteiger partial charge is 0.209 e. The highest BCUT2D eigenvalue weighted by Crippen LogP contribution is 2.15. The van der Waals surface area contributed by atoms with Crippen LogP contribution < -0.4 is 10.2 Å². The van der Waals surface area contributed by atoms with E-state index in [-0.39, 0.29) is 0 Å². The summed E-state index contributed by atoms with van der Waals surface area (Å²) in [5, 5.41) is 12.9. The van der Waals surface area contributed by atoms with Crippen LogP contribution in [-0.2, 0) is 0 Å². The van der Waals surface area contributed by atoms with Crippen LogP contribution in [0.4, 0.5) is 5.69 Å². The van der Waals surface area contributed by atoms with E-state index in [1.54, 1.807) is 13.3 Å². The van der Waals surface area contributed by atoms with Gasteiger partial charge in [-0.2, -0.15) is 10.2 Å². The number of rotatable bonds is 6. The highest BCUT2D eigenvalue weighted by atomic mass is 32.2. The molecule has 2 aromatic rings. The standard InChI is InChI=1S/C14H17N5OS/c1-4-12(13-9-15-19-14(16-13)21-3)18-17-10-5-7-11(20-2)8-6-10/h5-9,17H,4H2,1-3H3/b18-12+. The first-order valence-electron chi connectivity index (χ1n) is 6.47. The van der Waals surface area contributed by atoms with Gasteiger partial charge in [-0.3, -0.25) is 5.43 Å². The van der Waals surface area contributed by atoms with Gasteiger partial charge in [-0.05, 0) is 36.9 Å². The minimum atomic E-state index is 0.637. The largest absolute Gasteiger partial charge is 0.497 e. The first-order valence-corrected chi connectivity index (χ1v) is 7.70. The fourth-order valence-corrected chi connectivity index (χ4v) is 1.95. The summed E-state index contributed by atoms with van der Waals surface area (Å²) < 4.78 is 5.12. The van der Waals surface area contributed by atoms with Crippen molar-refractivity contribution in [1.82, 2.24) is 15.2 Å². The molecule has 0 radical (unpaired) electrons. The Morgan fingerprint density at radius 3 is 2.71 bits per heavy atom. The Balaban J connectivity index is 2.15. The van der Waals surface area contributed by atoms with Crippen LogP contribution in [0, 0.1) is 0 Å². The molecular formula is C14H17N5OS. The Hall–Kier alpha value is -2.15. The third-order valence-corrected chi connectivity index (χ3v) is 3.30. The van der Waals surface area contributed by atoms with E-state index in [4.69, 9.17) is 4.74 Å². The summed E-state index contributed by atoms with van der Waals surface area (Å²) in [5.41, 5.74) is 5.47. The van der Waals surface area contributed by atoms with Crippen molar-refractivity contribution >= 4 is 23.2 Å². The monoisotopic (exact) mass is 303 g/mol. The van der Waals surface area contributed by atoms with Gasteiger partial charge in [0.2, 0.25) is 5.16 Å². The van der Waals surface area contributed by atoms with Gasteiger partial charge in [0, 0.05) is 0 Å². The van der Waals surface area contributed by atoms with Gasteiger partial charge in [0.15, 0.2) is 0 Å². The van der Waals surface area contributed by atoms with E-state index in [9.17, 15) is 0 Å². The van der Waals surface area contributed by atoms with Gasteiger partial charge in [0.1, 0.15) is 11.4 Å². The fraction of sp³-hybridized carbons (Fsp3) is 0.286. The SMILES string of the molecule is CC/C(=N\Nc1ccc(OC)cc1)c1cnnc(SC)n1. The Morgan fingerprint density at radius 2 is 2.10 bits per heavy atom. The molecule has 6 nitrogen and oxygen atoms in total. The second kappa shape index (κ2) is 7.58. The normalized spacial score (nSPS) is 11.3. The summed E-state index contributed by atoms with van der Waals surface area (Å²) in [6, 6.07) is 7.56. The third-order valence-electron chi connectivity index (χ3n) is 2.76. The number of aromatic nitrogens is 3. The number of nitrogens with zero attached hydrogens (tertiary/aromatic N) is 4. The lowest BCUT2D eigenvalue weighted by Crippen LogP contribution is -2.08. The molecule has 0 unspecified atom stereocenters. The molecular weight excluding hydrogens is 286 g/mol.